The summed E-state index contributed by atoms with van der Waals surface area (Å²) in [4.78, 5) is 25.3. The number of carboxylic acids is 1. The van der Waals surface area contributed by atoms with Crippen molar-refractivity contribution in [3.05, 3.63) is 78.4 Å². The number of nitrogens with zero attached hydrogens (tertiary/aromatic N) is 1. The number of para-hydroxylation sites is 1. The van der Waals surface area contributed by atoms with Crippen LogP contribution in [0.5, 0.6) is 17.2 Å². The highest BCUT2D eigenvalue weighted by atomic mass is 16.5. The van der Waals surface area contributed by atoms with E-state index in [1.807, 2.05) is 24.3 Å². The van der Waals surface area contributed by atoms with E-state index in [0.29, 0.717) is 29.5 Å². The van der Waals surface area contributed by atoms with Gasteiger partial charge in [0.25, 0.3) is 0 Å². The van der Waals surface area contributed by atoms with Gasteiger partial charge in [-0.3, -0.25) is 9.69 Å². The average Bonchev–Trinajstić information content (AvgIpc) is 2.74. The van der Waals surface area contributed by atoms with Gasteiger partial charge < -0.3 is 14.6 Å². The van der Waals surface area contributed by atoms with Gasteiger partial charge >= 0.3 is 5.97 Å². The maximum atomic E-state index is 12.3. The van der Waals surface area contributed by atoms with Gasteiger partial charge in [0, 0.05) is 12.6 Å². The minimum atomic E-state index is -1.10. The van der Waals surface area contributed by atoms with E-state index < -0.39 is 5.97 Å². The Morgan fingerprint density at radius 3 is 1.91 bits per heavy atom. The van der Waals surface area contributed by atoms with Gasteiger partial charge in [-0.1, -0.05) is 32.9 Å². The van der Waals surface area contributed by atoms with Crippen LogP contribution in [0, 0.1) is 5.41 Å². The molecule has 0 saturated heterocycles. The summed E-state index contributed by atoms with van der Waals surface area (Å²) in [7, 11) is 0. The van der Waals surface area contributed by atoms with Crippen LogP contribution >= 0.6 is 0 Å². The summed E-state index contributed by atoms with van der Waals surface area (Å²) in [6.07, 6.45) is 0. The molecule has 3 aromatic rings. The molecule has 0 bridgehead atoms. The molecule has 0 fully saturated rings. The molecule has 1 N–H and O–H groups in total. The predicted molar refractivity (Wildman–Crippen MR) is 124 cm³/mol. The molecule has 3 rings (SSSR count). The van der Waals surface area contributed by atoms with Crippen molar-refractivity contribution in [2.24, 2.45) is 5.41 Å². The van der Waals surface area contributed by atoms with E-state index in [-0.39, 0.29) is 16.9 Å². The Balaban J connectivity index is 1.75. The summed E-state index contributed by atoms with van der Waals surface area (Å²) >= 11 is 0. The van der Waals surface area contributed by atoms with Gasteiger partial charge in [0.15, 0.2) is 0 Å². The van der Waals surface area contributed by atoms with E-state index in [4.69, 9.17) is 9.47 Å². The Kier molecular flexibility index (Phi) is 6.83. The van der Waals surface area contributed by atoms with Gasteiger partial charge in [-0.2, -0.15) is 0 Å². The quantitative estimate of drug-likeness (QED) is 0.474. The molecule has 0 spiro atoms. The first kappa shape index (κ1) is 22.9. The molecule has 0 heterocycles. The summed E-state index contributed by atoms with van der Waals surface area (Å²) in [6.45, 7) is 8.35. The number of benzene rings is 3. The number of hydrogen-bond acceptors (Lipinski definition) is 4. The van der Waals surface area contributed by atoms with Crippen molar-refractivity contribution in [2.75, 3.05) is 11.5 Å². The lowest BCUT2D eigenvalue weighted by atomic mass is 9.99. The minimum absolute atomic E-state index is 0.0526. The Bertz CT molecular complexity index is 1080. The fraction of sp³-hybridized carbons (Fsp3) is 0.231. The number of anilines is 2. The molecule has 1 amide bonds. The largest absolute Gasteiger partial charge is 0.493 e. The van der Waals surface area contributed by atoms with E-state index in [9.17, 15) is 14.7 Å². The molecule has 166 valence electrons. The molecule has 0 aromatic heterocycles. The molecule has 0 aliphatic rings. The molecule has 0 radical (unpaired) electrons. The van der Waals surface area contributed by atoms with Crippen LogP contribution in [-0.4, -0.2) is 23.6 Å². The lowest BCUT2D eigenvalue weighted by molar-refractivity contribution is -0.115. The van der Waals surface area contributed by atoms with Gasteiger partial charge in [-0.15, -0.1) is 0 Å². The number of aromatic carboxylic acids is 1. The first-order valence-corrected chi connectivity index (χ1v) is 10.3. The summed E-state index contributed by atoms with van der Waals surface area (Å²) in [5.74, 6) is 0.629. The van der Waals surface area contributed by atoms with Crippen LogP contribution in [0.4, 0.5) is 11.4 Å². The molecular formula is C26H27NO5. The van der Waals surface area contributed by atoms with Crippen molar-refractivity contribution in [2.45, 2.75) is 27.7 Å². The van der Waals surface area contributed by atoms with Crippen molar-refractivity contribution in [3.63, 3.8) is 0 Å². The Morgan fingerprint density at radius 2 is 1.38 bits per heavy atom. The van der Waals surface area contributed by atoms with Crippen molar-refractivity contribution < 1.29 is 24.2 Å². The SMILES string of the molecule is CC(=O)N(c1ccc(Oc2ccc(OCC(C)(C)C)cc2)cc1)c1ccccc1C(=O)O. The molecule has 0 atom stereocenters. The molecular weight excluding hydrogens is 406 g/mol. The molecule has 0 aliphatic carbocycles. The maximum absolute atomic E-state index is 12.3. The molecule has 0 saturated carbocycles. The number of carboxylic acid groups (broad SMARTS) is 1. The highest BCUT2D eigenvalue weighted by Gasteiger charge is 2.20. The van der Waals surface area contributed by atoms with Crippen LogP contribution in [0.1, 0.15) is 38.1 Å². The Morgan fingerprint density at radius 1 is 0.844 bits per heavy atom. The third-order valence-corrected chi connectivity index (χ3v) is 4.52. The van der Waals surface area contributed by atoms with E-state index in [1.54, 1.807) is 42.5 Å². The summed E-state index contributed by atoms with van der Waals surface area (Å²) in [6, 6.07) is 20.7. The third kappa shape index (κ3) is 5.88. The van der Waals surface area contributed by atoms with Crippen molar-refractivity contribution >= 4 is 23.3 Å². The topological polar surface area (TPSA) is 76.1 Å². The monoisotopic (exact) mass is 433 g/mol. The second kappa shape index (κ2) is 9.56. The van der Waals surface area contributed by atoms with Gasteiger partial charge in [0.2, 0.25) is 5.91 Å². The van der Waals surface area contributed by atoms with Gasteiger partial charge in [0.1, 0.15) is 17.2 Å². The number of hydrogen-bond donors (Lipinski definition) is 1. The number of rotatable bonds is 7. The maximum Gasteiger partial charge on any atom is 0.337 e. The number of carbonyl (C=O) groups excluding carboxylic acids is 1. The van der Waals surface area contributed by atoms with Crippen LogP contribution in [0.2, 0.25) is 0 Å². The molecule has 6 heteroatoms. The zero-order valence-electron chi connectivity index (χ0n) is 18.7. The Labute approximate surface area is 188 Å². The van der Waals surface area contributed by atoms with Crippen LogP contribution < -0.4 is 14.4 Å². The van der Waals surface area contributed by atoms with E-state index in [1.165, 1.54) is 17.9 Å². The molecule has 0 aliphatic heterocycles. The van der Waals surface area contributed by atoms with Gasteiger partial charge in [0.05, 0.1) is 17.9 Å². The second-order valence-corrected chi connectivity index (χ2v) is 8.59. The number of amides is 1. The van der Waals surface area contributed by atoms with E-state index >= 15 is 0 Å². The highest BCUT2D eigenvalue weighted by Crippen LogP contribution is 2.32. The molecule has 32 heavy (non-hydrogen) atoms. The molecule has 6 nitrogen and oxygen atoms in total. The minimum Gasteiger partial charge on any atom is -0.493 e. The first-order chi connectivity index (χ1) is 15.1. The van der Waals surface area contributed by atoms with E-state index in [2.05, 4.69) is 20.8 Å². The third-order valence-electron chi connectivity index (χ3n) is 4.52. The average molecular weight is 434 g/mol. The normalized spacial score (nSPS) is 11.0. The molecule has 3 aromatic carbocycles. The van der Waals surface area contributed by atoms with Crippen LogP contribution in [0.15, 0.2) is 72.8 Å². The van der Waals surface area contributed by atoms with Crippen LogP contribution in [0.3, 0.4) is 0 Å². The lowest BCUT2D eigenvalue weighted by Gasteiger charge is -2.23. The number of ether oxygens (including phenoxy) is 2. The van der Waals surface area contributed by atoms with Gasteiger partial charge in [-0.25, -0.2) is 4.79 Å². The first-order valence-electron chi connectivity index (χ1n) is 10.3. The summed E-state index contributed by atoms with van der Waals surface area (Å²) in [5, 5.41) is 9.48. The van der Waals surface area contributed by atoms with Crippen molar-refractivity contribution in [3.8, 4) is 17.2 Å². The van der Waals surface area contributed by atoms with Crippen LogP contribution in [-0.2, 0) is 4.79 Å². The van der Waals surface area contributed by atoms with Gasteiger partial charge in [-0.05, 0) is 66.1 Å². The van der Waals surface area contributed by atoms with E-state index in [0.717, 1.165) is 5.75 Å². The highest BCUT2D eigenvalue weighted by molar-refractivity contribution is 6.05. The number of carbonyl (C=O) groups is 2. The standard InChI is InChI=1S/C26H27NO5/c1-18(28)27(24-8-6-5-7-23(24)25(29)30)19-9-11-21(12-10-19)32-22-15-13-20(14-16-22)31-17-26(2,3)4/h5-16H,17H2,1-4H3,(H,29,30). The Hall–Kier alpha value is -3.80. The summed E-state index contributed by atoms with van der Waals surface area (Å²) in [5.41, 5.74) is 0.989. The van der Waals surface area contributed by atoms with Crippen molar-refractivity contribution in [1.29, 1.82) is 0 Å². The predicted octanol–water partition coefficient (Wildman–Crippen LogP) is 6.29. The molecule has 0 unspecified atom stereocenters. The summed E-state index contributed by atoms with van der Waals surface area (Å²) < 4.78 is 11.7. The fourth-order valence-corrected chi connectivity index (χ4v) is 3.04. The smallest absolute Gasteiger partial charge is 0.337 e. The zero-order valence-corrected chi connectivity index (χ0v) is 18.7. The zero-order chi connectivity index (χ0) is 23.3. The second-order valence-electron chi connectivity index (χ2n) is 8.59. The lowest BCUT2D eigenvalue weighted by Crippen LogP contribution is -2.24. The fourth-order valence-electron chi connectivity index (χ4n) is 3.04. The van der Waals surface area contributed by atoms with Crippen molar-refractivity contribution in [1.82, 2.24) is 0 Å². The van der Waals surface area contributed by atoms with Crippen LogP contribution in [0.25, 0.3) is 0 Å².